The van der Waals surface area contributed by atoms with Gasteiger partial charge >= 0.3 is 0 Å². The molecule has 1 aromatic heterocycles. The van der Waals surface area contributed by atoms with E-state index in [0.29, 0.717) is 11.6 Å². The van der Waals surface area contributed by atoms with Crippen molar-refractivity contribution < 1.29 is 9.84 Å². The summed E-state index contributed by atoms with van der Waals surface area (Å²) in [5.41, 5.74) is 5.87. The SMILES string of the molecule is CC(C)Oc1cccc([C@H](O)CN)n1. The van der Waals surface area contributed by atoms with Crippen molar-refractivity contribution in [3.63, 3.8) is 0 Å². The Morgan fingerprint density at radius 1 is 1.50 bits per heavy atom. The van der Waals surface area contributed by atoms with Gasteiger partial charge < -0.3 is 15.6 Å². The molecule has 0 aliphatic heterocycles. The van der Waals surface area contributed by atoms with Gasteiger partial charge in [-0.25, -0.2) is 4.98 Å². The fourth-order valence-electron chi connectivity index (χ4n) is 1.04. The predicted molar refractivity (Wildman–Crippen MR) is 54.0 cm³/mol. The average molecular weight is 196 g/mol. The van der Waals surface area contributed by atoms with Crippen LogP contribution in [-0.4, -0.2) is 22.7 Å². The third kappa shape index (κ3) is 2.97. The molecule has 78 valence electrons. The van der Waals surface area contributed by atoms with Crippen molar-refractivity contribution in [2.45, 2.75) is 26.1 Å². The lowest BCUT2D eigenvalue weighted by Crippen LogP contribution is -2.14. The number of aromatic nitrogens is 1. The van der Waals surface area contributed by atoms with E-state index in [2.05, 4.69) is 4.98 Å². The van der Waals surface area contributed by atoms with Crippen molar-refractivity contribution >= 4 is 0 Å². The molecule has 0 saturated carbocycles. The molecule has 0 bridgehead atoms. The number of hydrogen-bond donors (Lipinski definition) is 2. The Morgan fingerprint density at radius 3 is 2.79 bits per heavy atom. The highest BCUT2D eigenvalue weighted by molar-refractivity contribution is 5.17. The highest BCUT2D eigenvalue weighted by atomic mass is 16.5. The first kappa shape index (κ1) is 10.9. The molecule has 0 unspecified atom stereocenters. The van der Waals surface area contributed by atoms with E-state index in [1.807, 2.05) is 13.8 Å². The topological polar surface area (TPSA) is 68.4 Å². The summed E-state index contributed by atoms with van der Waals surface area (Å²) in [7, 11) is 0. The lowest BCUT2D eigenvalue weighted by atomic mass is 10.2. The van der Waals surface area contributed by atoms with Crippen LogP contribution in [-0.2, 0) is 0 Å². The lowest BCUT2D eigenvalue weighted by Gasteiger charge is -2.11. The number of nitrogens with two attached hydrogens (primary N) is 1. The molecule has 0 radical (unpaired) electrons. The molecular formula is C10H16N2O2. The minimum Gasteiger partial charge on any atom is -0.475 e. The maximum absolute atomic E-state index is 9.44. The molecule has 1 aromatic rings. The summed E-state index contributed by atoms with van der Waals surface area (Å²) >= 11 is 0. The fourth-order valence-corrected chi connectivity index (χ4v) is 1.04. The Labute approximate surface area is 83.7 Å². The molecule has 1 rings (SSSR count). The zero-order chi connectivity index (χ0) is 10.6. The zero-order valence-corrected chi connectivity index (χ0v) is 8.47. The molecule has 4 nitrogen and oxygen atoms in total. The lowest BCUT2D eigenvalue weighted by molar-refractivity contribution is 0.177. The monoisotopic (exact) mass is 196 g/mol. The molecule has 0 aliphatic rings. The second kappa shape index (κ2) is 4.93. The molecule has 4 heteroatoms. The van der Waals surface area contributed by atoms with Gasteiger partial charge in [-0.1, -0.05) is 6.07 Å². The number of aliphatic hydroxyl groups is 1. The Morgan fingerprint density at radius 2 is 2.21 bits per heavy atom. The summed E-state index contributed by atoms with van der Waals surface area (Å²) in [4.78, 5) is 4.13. The van der Waals surface area contributed by atoms with E-state index < -0.39 is 6.10 Å². The van der Waals surface area contributed by atoms with E-state index in [1.165, 1.54) is 0 Å². The van der Waals surface area contributed by atoms with Crippen molar-refractivity contribution in [3.8, 4) is 5.88 Å². The third-order valence-electron chi connectivity index (χ3n) is 1.67. The number of ether oxygens (including phenoxy) is 1. The number of rotatable bonds is 4. The fraction of sp³-hybridized carbons (Fsp3) is 0.500. The molecule has 1 heterocycles. The zero-order valence-electron chi connectivity index (χ0n) is 8.47. The highest BCUT2D eigenvalue weighted by Crippen LogP contribution is 2.14. The Bertz CT molecular complexity index is 289. The average Bonchev–Trinajstić information content (AvgIpc) is 2.16. The van der Waals surface area contributed by atoms with Gasteiger partial charge in [0.05, 0.1) is 11.8 Å². The van der Waals surface area contributed by atoms with E-state index in [-0.39, 0.29) is 12.6 Å². The van der Waals surface area contributed by atoms with Gasteiger partial charge in [0.15, 0.2) is 0 Å². The Balaban J connectivity index is 2.78. The maximum Gasteiger partial charge on any atom is 0.213 e. The first-order chi connectivity index (χ1) is 6.63. The Hall–Kier alpha value is -1.13. The smallest absolute Gasteiger partial charge is 0.213 e. The van der Waals surface area contributed by atoms with Crippen LogP contribution in [0.2, 0.25) is 0 Å². The molecule has 0 aliphatic carbocycles. The van der Waals surface area contributed by atoms with Crippen molar-refractivity contribution in [1.82, 2.24) is 4.98 Å². The number of hydrogen-bond acceptors (Lipinski definition) is 4. The van der Waals surface area contributed by atoms with Crippen LogP contribution >= 0.6 is 0 Å². The van der Waals surface area contributed by atoms with Crippen LogP contribution < -0.4 is 10.5 Å². The first-order valence-corrected chi connectivity index (χ1v) is 4.65. The van der Waals surface area contributed by atoms with Gasteiger partial charge in [-0.05, 0) is 19.9 Å². The van der Waals surface area contributed by atoms with Crippen molar-refractivity contribution in [3.05, 3.63) is 23.9 Å². The van der Waals surface area contributed by atoms with Crippen LogP contribution in [0.5, 0.6) is 5.88 Å². The molecule has 0 amide bonds. The van der Waals surface area contributed by atoms with Crippen molar-refractivity contribution in [2.75, 3.05) is 6.54 Å². The first-order valence-electron chi connectivity index (χ1n) is 4.65. The summed E-state index contributed by atoms with van der Waals surface area (Å²) in [6.07, 6.45) is -0.640. The maximum atomic E-state index is 9.44. The van der Waals surface area contributed by atoms with Crippen LogP contribution in [0.15, 0.2) is 18.2 Å². The van der Waals surface area contributed by atoms with Crippen LogP contribution in [0, 0.1) is 0 Å². The van der Waals surface area contributed by atoms with Crippen LogP contribution in [0.3, 0.4) is 0 Å². The predicted octanol–water partition coefficient (Wildman–Crippen LogP) is 0.861. The molecular weight excluding hydrogens is 180 g/mol. The second-order valence-corrected chi connectivity index (χ2v) is 3.32. The molecule has 14 heavy (non-hydrogen) atoms. The molecule has 0 saturated heterocycles. The molecule has 0 spiro atoms. The quantitative estimate of drug-likeness (QED) is 0.749. The van der Waals surface area contributed by atoms with Crippen LogP contribution in [0.25, 0.3) is 0 Å². The van der Waals surface area contributed by atoms with Gasteiger partial charge in [-0.2, -0.15) is 0 Å². The van der Waals surface area contributed by atoms with Gasteiger partial charge in [0.25, 0.3) is 0 Å². The summed E-state index contributed by atoms with van der Waals surface area (Å²) in [5.74, 6) is 0.519. The summed E-state index contributed by atoms with van der Waals surface area (Å²) in [6.45, 7) is 4.01. The number of aliphatic hydroxyl groups excluding tert-OH is 1. The van der Waals surface area contributed by atoms with Gasteiger partial charge in [0.1, 0.15) is 6.10 Å². The van der Waals surface area contributed by atoms with Crippen molar-refractivity contribution in [1.29, 1.82) is 0 Å². The van der Waals surface area contributed by atoms with Crippen molar-refractivity contribution in [2.24, 2.45) is 5.73 Å². The van der Waals surface area contributed by atoms with Crippen LogP contribution in [0.1, 0.15) is 25.6 Å². The molecule has 0 fully saturated rings. The summed E-state index contributed by atoms with van der Waals surface area (Å²) in [6, 6.07) is 5.27. The largest absolute Gasteiger partial charge is 0.475 e. The Kier molecular flexibility index (Phi) is 3.85. The van der Waals surface area contributed by atoms with Gasteiger partial charge in [0.2, 0.25) is 5.88 Å². The standard InChI is InChI=1S/C10H16N2O2/c1-7(2)14-10-5-3-4-8(12-10)9(13)6-11/h3-5,7,9,13H,6,11H2,1-2H3/t9-/m1/s1. The molecule has 1 atom stereocenters. The van der Waals surface area contributed by atoms with Crippen LogP contribution in [0.4, 0.5) is 0 Å². The summed E-state index contributed by atoms with van der Waals surface area (Å²) in [5, 5.41) is 9.44. The molecule has 0 aromatic carbocycles. The normalized spacial score (nSPS) is 12.9. The van der Waals surface area contributed by atoms with E-state index in [0.717, 1.165) is 0 Å². The second-order valence-electron chi connectivity index (χ2n) is 3.32. The number of pyridine rings is 1. The van der Waals surface area contributed by atoms with E-state index in [1.54, 1.807) is 18.2 Å². The van der Waals surface area contributed by atoms with Gasteiger partial charge in [0, 0.05) is 12.6 Å². The van der Waals surface area contributed by atoms with E-state index >= 15 is 0 Å². The van der Waals surface area contributed by atoms with Gasteiger partial charge in [-0.3, -0.25) is 0 Å². The minimum absolute atomic E-state index is 0.0766. The van der Waals surface area contributed by atoms with E-state index in [9.17, 15) is 5.11 Å². The minimum atomic E-state index is -0.717. The summed E-state index contributed by atoms with van der Waals surface area (Å²) < 4.78 is 5.39. The van der Waals surface area contributed by atoms with Gasteiger partial charge in [-0.15, -0.1) is 0 Å². The molecule has 3 N–H and O–H groups in total. The highest BCUT2D eigenvalue weighted by Gasteiger charge is 2.08. The van der Waals surface area contributed by atoms with E-state index in [4.69, 9.17) is 10.5 Å². The third-order valence-corrected chi connectivity index (χ3v) is 1.67. The number of nitrogens with zero attached hydrogens (tertiary/aromatic N) is 1.